The van der Waals surface area contributed by atoms with Gasteiger partial charge in [-0.15, -0.1) is 0 Å². The number of benzene rings is 2. The van der Waals surface area contributed by atoms with Gasteiger partial charge < -0.3 is 5.53 Å². The summed E-state index contributed by atoms with van der Waals surface area (Å²) in [6, 6.07) is 17.7. The molecular formula is C39H58N2Ni. The van der Waals surface area contributed by atoms with Crippen molar-refractivity contribution in [3.63, 3.8) is 0 Å². The van der Waals surface area contributed by atoms with Crippen LogP contribution >= 0.6 is 0 Å². The van der Waals surface area contributed by atoms with E-state index in [1.165, 1.54) is 118 Å². The third kappa shape index (κ3) is 12.3. The van der Waals surface area contributed by atoms with E-state index in [4.69, 9.17) is 0 Å². The molecule has 1 heterocycles. The molecule has 234 valence electrons. The molecule has 2 aromatic carbocycles. The smallest absolute Gasteiger partial charge is 0.210 e. The predicted octanol–water partition coefficient (Wildman–Crippen LogP) is 12.7. The molecule has 0 amide bonds. The van der Waals surface area contributed by atoms with E-state index >= 15 is 0 Å². The normalized spacial score (nSPS) is 13.0. The summed E-state index contributed by atoms with van der Waals surface area (Å²) < 4.78 is 1.45. The van der Waals surface area contributed by atoms with Crippen LogP contribution in [0.5, 0.6) is 0 Å². The first-order valence-electron chi connectivity index (χ1n) is 17.3. The van der Waals surface area contributed by atoms with Gasteiger partial charge in [0, 0.05) is 39.3 Å². The van der Waals surface area contributed by atoms with E-state index in [9.17, 15) is 5.53 Å². The second kappa shape index (κ2) is 21.7. The molecule has 0 radical (unpaired) electrons. The van der Waals surface area contributed by atoms with Crippen LogP contribution < -0.4 is 0 Å². The number of aryl methyl sites for hydroxylation is 2. The number of allylic oxidation sites excluding steroid dienone is 2. The van der Waals surface area contributed by atoms with Crippen LogP contribution in [-0.4, -0.2) is 4.70 Å². The maximum Gasteiger partial charge on any atom is 0.210 e. The van der Waals surface area contributed by atoms with Crippen LogP contribution in [0.4, 0.5) is 0 Å². The van der Waals surface area contributed by atoms with Gasteiger partial charge in [0.15, 0.2) is 0 Å². The van der Waals surface area contributed by atoms with Crippen LogP contribution in [0.25, 0.3) is 16.9 Å². The van der Waals surface area contributed by atoms with E-state index in [0.29, 0.717) is 0 Å². The molecule has 0 aliphatic carbocycles. The summed E-state index contributed by atoms with van der Waals surface area (Å²) in [5.74, 6) is 0. The number of hydrogen-bond acceptors (Lipinski definition) is 0. The average Bonchev–Trinajstić information content (AvgIpc) is 3.33. The molecule has 0 aromatic heterocycles. The van der Waals surface area contributed by atoms with E-state index < -0.39 is 0 Å². The fourth-order valence-electron chi connectivity index (χ4n) is 6.07. The van der Waals surface area contributed by atoms with Gasteiger partial charge in [-0.25, -0.2) is 4.70 Å². The Morgan fingerprint density at radius 3 is 1.64 bits per heavy atom. The Morgan fingerprint density at radius 1 is 0.524 bits per heavy atom. The predicted molar refractivity (Wildman–Crippen MR) is 179 cm³/mol. The largest absolute Gasteiger partial charge is 0.493 e. The minimum absolute atomic E-state index is 0. The molecule has 3 heteroatoms. The minimum atomic E-state index is 0. The summed E-state index contributed by atoms with van der Waals surface area (Å²) in [6.07, 6.45) is 28.2. The monoisotopic (exact) mass is 612 g/mol. The van der Waals surface area contributed by atoms with E-state index in [1.807, 2.05) is 0 Å². The second-order valence-electron chi connectivity index (χ2n) is 12.3. The molecule has 0 saturated carbocycles. The van der Waals surface area contributed by atoms with Crippen LogP contribution in [0.15, 0.2) is 60.2 Å². The van der Waals surface area contributed by atoms with Gasteiger partial charge >= 0.3 is 0 Å². The Hall–Kier alpha value is -1.99. The van der Waals surface area contributed by atoms with Crippen molar-refractivity contribution in [1.29, 1.82) is 0 Å². The summed E-state index contributed by atoms with van der Waals surface area (Å²) >= 11 is 0. The number of rotatable bonds is 22. The van der Waals surface area contributed by atoms with Gasteiger partial charge in [0.25, 0.3) is 0 Å². The Balaban J connectivity index is 0.00000616. The maximum atomic E-state index is 11.4. The Morgan fingerprint density at radius 2 is 1.05 bits per heavy atom. The van der Waals surface area contributed by atoms with Crippen molar-refractivity contribution in [1.82, 2.24) is 0 Å². The molecule has 1 aliphatic heterocycles. The quantitative estimate of drug-likeness (QED) is 0.0717. The summed E-state index contributed by atoms with van der Waals surface area (Å²) in [7, 11) is 0. The molecule has 0 bridgehead atoms. The zero-order chi connectivity index (χ0) is 29.1. The number of unbranched alkanes of at least 4 members (excludes halogenated alkanes) is 14. The zero-order valence-electron chi connectivity index (χ0n) is 27.0. The fraction of sp³-hybridized carbons (Fsp3) is 0.590. The van der Waals surface area contributed by atoms with Crippen LogP contribution in [-0.2, 0) is 29.3 Å². The van der Waals surface area contributed by atoms with E-state index in [-0.39, 0.29) is 16.5 Å². The summed E-state index contributed by atoms with van der Waals surface area (Å²) in [5, 5.41) is 0. The summed E-state index contributed by atoms with van der Waals surface area (Å²) in [6.45, 7) is 6.77. The molecule has 0 unspecified atom stereocenters. The molecule has 0 spiro atoms. The van der Waals surface area contributed by atoms with Gasteiger partial charge in [-0.3, -0.25) is 0 Å². The number of hydrogen-bond donors (Lipinski definition) is 0. The second-order valence-corrected chi connectivity index (χ2v) is 12.3. The molecule has 0 atom stereocenters. The first-order valence-corrected chi connectivity index (χ1v) is 17.3. The van der Waals surface area contributed by atoms with Gasteiger partial charge in [0.1, 0.15) is 0 Å². The topological polar surface area (TPSA) is 25.3 Å². The first kappa shape index (κ1) is 36.2. The molecule has 2 nitrogen and oxygen atoms in total. The number of nitrogens with zero attached hydrogens (tertiary/aromatic N) is 2. The van der Waals surface area contributed by atoms with Crippen molar-refractivity contribution in [2.24, 2.45) is 0 Å². The van der Waals surface area contributed by atoms with Crippen LogP contribution in [0, 0.1) is 0 Å². The maximum absolute atomic E-state index is 11.4. The molecule has 3 rings (SSSR count). The van der Waals surface area contributed by atoms with E-state index in [1.54, 1.807) is 0 Å². The van der Waals surface area contributed by atoms with Gasteiger partial charge in [-0.1, -0.05) is 135 Å². The molecule has 0 saturated heterocycles. The Kier molecular flexibility index (Phi) is 18.7. The molecule has 1 aliphatic rings. The minimum Gasteiger partial charge on any atom is -0.493 e. The van der Waals surface area contributed by atoms with Gasteiger partial charge in [0.05, 0.1) is 0 Å². The van der Waals surface area contributed by atoms with Crippen LogP contribution in [0.2, 0.25) is 0 Å². The summed E-state index contributed by atoms with van der Waals surface area (Å²) in [4.78, 5) is 0. The van der Waals surface area contributed by atoms with Crippen molar-refractivity contribution >= 4 is 11.4 Å². The van der Waals surface area contributed by atoms with Crippen LogP contribution in [0.3, 0.4) is 0 Å². The van der Waals surface area contributed by atoms with Gasteiger partial charge in [-0.2, -0.15) is 0 Å². The Labute approximate surface area is 268 Å². The third-order valence-electron chi connectivity index (χ3n) is 8.69. The van der Waals surface area contributed by atoms with Crippen molar-refractivity contribution < 1.29 is 21.2 Å². The van der Waals surface area contributed by atoms with Gasteiger partial charge in [0.2, 0.25) is 11.4 Å². The molecule has 0 N–H and O–H groups in total. The summed E-state index contributed by atoms with van der Waals surface area (Å²) in [5.41, 5.74) is 19.5. The van der Waals surface area contributed by atoms with Crippen molar-refractivity contribution in [2.45, 2.75) is 149 Å². The Bertz CT molecular complexity index is 1100. The van der Waals surface area contributed by atoms with Crippen molar-refractivity contribution in [3.8, 4) is 0 Å². The van der Waals surface area contributed by atoms with Crippen molar-refractivity contribution in [3.05, 3.63) is 88.0 Å². The first-order chi connectivity index (χ1) is 20.2. The molecule has 0 fully saturated rings. The molecule has 42 heavy (non-hydrogen) atoms. The SMILES string of the molecule is CCCCCCCCCCCCCCCc1cccc(C2=C(CCCC)C=C(c3ccc(CCCC)cc3)[N+]2=[N-])c1.[Ni]. The third-order valence-corrected chi connectivity index (χ3v) is 8.69. The van der Waals surface area contributed by atoms with Crippen LogP contribution in [0.1, 0.15) is 159 Å². The van der Waals surface area contributed by atoms with E-state index in [0.717, 1.165) is 54.6 Å². The standard InChI is InChI=1S/C39H58N2.Ni/c1-4-7-10-11-12-13-14-15-16-17-18-19-20-23-34-24-21-26-36(31-34)39-37(25-9-6-3)32-38(41(39)40)35-29-27-33(28-30-35)22-8-5-2;/h21,24,26-32H,4-20,22-23,25H2,1-3H3;. The fourth-order valence-corrected chi connectivity index (χ4v) is 6.07. The average molecular weight is 614 g/mol. The zero-order valence-corrected chi connectivity index (χ0v) is 28.0. The molecule has 2 aromatic rings. The molecular weight excluding hydrogens is 555 g/mol. The van der Waals surface area contributed by atoms with E-state index in [2.05, 4.69) is 75.4 Å². The van der Waals surface area contributed by atoms with Gasteiger partial charge in [-0.05, 0) is 73.9 Å². The van der Waals surface area contributed by atoms with Crippen molar-refractivity contribution in [2.75, 3.05) is 0 Å².